The van der Waals surface area contributed by atoms with Crippen LogP contribution in [0.2, 0.25) is 0 Å². The minimum absolute atomic E-state index is 0.580. The molecule has 25 heavy (non-hydrogen) atoms. The summed E-state index contributed by atoms with van der Waals surface area (Å²) >= 11 is 0. The highest BCUT2D eigenvalue weighted by molar-refractivity contribution is 5.23. The zero-order chi connectivity index (χ0) is 16.9. The Balaban J connectivity index is 1.51. The first-order valence-corrected chi connectivity index (χ1v) is 9.53. The van der Waals surface area contributed by atoms with E-state index in [0.29, 0.717) is 12.0 Å². The summed E-state index contributed by atoms with van der Waals surface area (Å²) in [7, 11) is 0. The molecular formula is C22H28N2O. The molecule has 132 valence electrons. The molecule has 4 rings (SSSR count). The molecule has 2 unspecified atom stereocenters. The molecule has 0 spiro atoms. The summed E-state index contributed by atoms with van der Waals surface area (Å²) in [6.07, 6.45) is 1.24. The Morgan fingerprint density at radius 3 is 2.24 bits per heavy atom. The summed E-state index contributed by atoms with van der Waals surface area (Å²) in [5.74, 6) is 0.580. The van der Waals surface area contributed by atoms with Gasteiger partial charge in [0.15, 0.2) is 0 Å². The minimum atomic E-state index is 0.580. The third kappa shape index (κ3) is 4.12. The highest BCUT2D eigenvalue weighted by atomic mass is 16.5. The van der Waals surface area contributed by atoms with Crippen molar-refractivity contribution in [3.05, 3.63) is 71.8 Å². The lowest BCUT2D eigenvalue weighted by Crippen LogP contribution is -2.52. The molecule has 0 bridgehead atoms. The number of nitrogens with zero attached hydrogens (tertiary/aromatic N) is 2. The van der Waals surface area contributed by atoms with E-state index in [0.717, 1.165) is 39.4 Å². The first-order valence-electron chi connectivity index (χ1n) is 9.53. The van der Waals surface area contributed by atoms with Gasteiger partial charge in [0.1, 0.15) is 0 Å². The quantitative estimate of drug-likeness (QED) is 0.851. The number of hydrogen-bond donors (Lipinski definition) is 0. The summed E-state index contributed by atoms with van der Waals surface area (Å²) in [5.41, 5.74) is 2.90. The van der Waals surface area contributed by atoms with E-state index in [1.165, 1.54) is 24.1 Å². The zero-order valence-corrected chi connectivity index (χ0v) is 14.9. The van der Waals surface area contributed by atoms with Gasteiger partial charge in [-0.3, -0.25) is 9.80 Å². The van der Waals surface area contributed by atoms with Gasteiger partial charge in [0, 0.05) is 44.7 Å². The third-order valence-electron chi connectivity index (χ3n) is 5.65. The van der Waals surface area contributed by atoms with E-state index in [-0.39, 0.29) is 0 Å². The van der Waals surface area contributed by atoms with Gasteiger partial charge in [0.25, 0.3) is 0 Å². The largest absolute Gasteiger partial charge is 0.379 e. The number of rotatable bonds is 4. The van der Waals surface area contributed by atoms with Crippen LogP contribution < -0.4 is 0 Å². The Bertz CT molecular complexity index is 640. The molecule has 2 fully saturated rings. The van der Waals surface area contributed by atoms with Crippen LogP contribution in [-0.4, -0.2) is 55.2 Å². The van der Waals surface area contributed by atoms with Crippen LogP contribution in [0.1, 0.15) is 23.5 Å². The first kappa shape index (κ1) is 16.8. The molecule has 0 aliphatic carbocycles. The lowest BCUT2D eigenvalue weighted by atomic mass is 9.84. The van der Waals surface area contributed by atoms with Gasteiger partial charge in [-0.1, -0.05) is 60.7 Å². The van der Waals surface area contributed by atoms with Crippen molar-refractivity contribution in [3.8, 4) is 0 Å². The number of ether oxygens (including phenoxy) is 1. The van der Waals surface area contributed by atoms with Crippen molar-refractivity contribution in [1.82, 2.24) is 9.80 Å². The number of hydrogen-bond acceptors (Lipinski definition) is 3. The van der Waals surface area contributed by atoms with Gasteiger partial charge >= 0.3 is 0 Å². The lowest BCUT2D eigenvalue weighted by Gasteiger charge is -2.45. The van der Waals surface area contributed by atoms with Gasteiger partial charge in [-0.05, 0) is 17.5 Å². The zero-order valence-electron chi connectivity index (χ0n) is 14.9. The monoisotopic (exact) mass is 336 g/mol. The van der Waals surface area contributed by atoms with E-state index in [1.54, 1.807) is 0 Å². The van der Waals surface area contributed by atoms with Gasteiger partial charge in [-0.2, -0.15) is 0 Å². The van der Waals surface area contributed by atoms with Crippen molar-refractivity contribution in [2.75, 3.05) is 39.4 Å². The van der Waals surface area contributed by atoms with E-state index >= 15 is 0 Å². The SMILES string of the molecule is c1ccc(CN2CCC(N3CCOCC3)C(c3ccccc3)C2)cc1. The molecule has 2 atom stereocenters. The molecule has 2 aliphatic rings. The molecule has 3 heteroatoms. The van der Waals surface area contributed by atoms with Crippen LogP contribution in [0.3, 0.4) is 0 Å². The molecule has 0 amide bonds. The van der Waals surface area contributed by atoms with Crippen molar-refractivity contribution >= 4 is 0 Å². The summed E-state index contributed by atoms with van der Waals surface area (Å²) in [4.78, 5) is 5.30. The van der Waals surface area contributed by atoms with Crippen LogP contribution in [0.15, 0.2) is 60.7 Å². The predicted octanol–water partition coefficient (Wildman–Crippen LogP) is 3.38. The van der Waals surface area contributed by atoms with E-state index in [1.807, 2.05) is 0 Å². The fraction of sp³-hybridized carbons (Fsp3) is 0.455. The third-order valence-corrected chi connectivity index (χ3v) is 5.65. The molecule has 2 aromatic carbocycles. The highest BCUT2D eigenvalue weighted by Gasteiger charge is 2.34. The van der Waals surface area contributed by atoms with Crippen molar-refractivity contribution in [3.63, 3.8) is 0 Å². The van der Waals surface area contributed by atoms with Crippen LogP contribution in [0.4, 0.5) is 0 Å². The normalized spacial score (nSPS) is 25.8. The smallest absolute Gasteiger partial charge is 0.0594 e. The molecule has 2 heterocycles. The maximum atomic E-state index is 5.58. The fourth-order valence-electron chi connectivity index (χ4n) is 4.37. The highest BCUT2D eigenvalue weighted by Crippen LogP contribution is 2.32. The standard InChI is InChI=1S/C22H28N2O/c1-3-7-19(8-4-1)17-23-12-11-22(24-13-15-25-16-14-24)21(18-23)20-9-5-2-6-10-20/h1-10,21-22H,11-18H2. The fourth-order valence-corrected chi connectivity index (χ4v) is 4.37. The van der Waals surface area contributed by atoms with Crippen molar-refractivity contribution in [1.29, 1.82) is 0 Å². The van der Waals surface area contributed by atoms with E-state index in [9.17, 15) is 0 Å². The van der Waals surface area contributed by atoms with Crippen LogP contribution in [0.5, 0.6) is 0 Å². The summed E-state index contributed by atoms with van der Waals surface area (Å²) in [6.45, 7) is 7.29. The van der Waals surface area contributed by atoms with Gasteiger partial charge in [-0.15, -0.1) is 0 Å². The Morgan fingerprint density at radius 2 is 1.52 bits per heavy atom. The molecule has 0 aromatic heterocycles. The van der Waals surface area contributed by atoms with Gasteiger partial charge < -0.3 is 4.74 Å². The number of likely N-dealkylation sites (tertiary alicyclic amines) is 1. The molecule has 0 radical (unpaired) electrons. The molecule has 0 saturated carbocycles. The Kier molecular flexibility index (Phi) is 5.46. The van der Waals surface area contributed by atoms with Crippen LogP contribution >= 0.6 is 0 Å². The first-order chi connectivity index (χ1) is 12.4. The molecular weight excluding hydrogens is 308 g/mol. The summed E-state index contributed by atoms with van der Waals surface area (Å²) < 4.78 is 5.58. The summed E-state index contributed by atoms with van der Waals surface area (Å²) in [6, 6.07) is 22.6. The Hall–Kier alpha value is -1.68. The number of benzene rings is 2. The average molecular weight is 336 g/mol. The van der Waals surface area contributed by atoms with Crippen molar-refractivity contribution in [2.45, 2.75) is 24.9 Å². The average Bonchev–Trinajstić information content (AvgIpc) is 2.70. The predicted molar refractivity (Wildman–Crippen MR) is 102 cm³/mol. The maximum absolute atomic E-state index is 5.58. The molecule has 2 aliphatic heterocycles. The van der Waals surface area contributed by atoms with Crippen LogP contribution in [-0.2, 0) is 11.3 Å². The van der Waals surface area contributed by atoms with Crippen molar-refractivity contribution < 1.29 is 4.74 Å². The molecule has 2 saturated heterocycles. The maximum Gasteiger partial charge on any atom is 0.0594 e. The minimum Gasteiger partial charge on any atom is -0.379 e. The van der Waals surface area contributed by atoms with E-state index < -0.39 is 0 Å². The second kappa shape index (κ2) is 8.13. The Morgan fingerprint density at radius 1 is 0.840 bits per heavy atom. The number of morpholine rings is 1. The van der Waals surface area contributed by atoms with E-state index in [2.05, 4.69) is 70.5 Å². The molecule has 3 nitrogen and oxygen atoms in total. The molecule has 0 N–H and O–H groups in total. The second-order valence-corrected chi connectivity index (χ2v) is 7.24. The second-order valence-electron chi connectivity index (χ2n) is 7.24. The van der Waals surface area contributed by atoms with Crippen LogP contribution in [0, 0.1) is 0 Å². The van der Waals surface area contributed by atoms with Crippen molar-refractivity contribution in [2.24, 2.45) is 0 Å². The summed E-state index contributed by atoms with van der Waals surface area (Å²) in [5, 5.41) is 0. The van der Waals surface area contributed by atoms with Gasteiger partial charge in [0.05, 0.1) is 13.2 Å². The van der Waals surface area contributed by atoms with E-state index in [4.69, 9.17) is 4.74 Å². The number of piperidine rings is 1. The molecule has 2 aromatic rings. The lowest BCUT2D eigenvalue weighted by molar-refractivity contribution is -0.00731. The van der Waals surface area contributed by atoms with Gasteiger partial charge in [-0.25, -0.2) is 0 Å². The topological polar surface area (TPSA) is 15.7 Å². The van der Waals surface area contributed by atoms with Crippen LogP contribution in [0.25, 0.3) is 0 Å². The Labute approximate surface area is 151 Å². The van der Waals surface area contributed by atoms with Gasteiger partial charge in [0.2, 0.25) is 0 Å².